The molecule has 0 aromatic heterocycles. The number of carbonyl (C=O) groups is 1. The Labute approximate surface area is 119 Å². The van der Waals surface area contributed by atoms with Crippen LogP contribution in [0.25, 0.3) is 0 Å². The first kappa shape index (κ1) is 14.8. The highest BCUT2D eigenvalue weighted by Crippen LogP contribution is 2.12. The van der Waals surface area contributed by atoms with Crippen LogP contribution in [0.4, 0.5) is 10.1 Å². The summed E-state index contributed by atoms with van der Waals surface area (Å²) in [6.07, 6.45) is 2.52. The van der Waals surface area contributed by atoms with Crippen molar-refractivity contribution < 1.29 is 9.18 Å². The van der Waals surface area contributed by atoms with Gasteiger partial charge in [0.05, 0.1) is 5.56 Å². The summed E-state index contributed by atoms with van der Waals surface area (Å²) in [6.45, 7) is 5.91. The Balaban J connectivity index is 1.81. The molecule has 4 nitrogen and oxygen atoms in total. The minimum absolute atomic E-state index is 0.0487. The van der Waals surface area contributed by atoms with Gasteiger partial charge in [0, 0.05) is 18.8 Å². The van der Waals surface area contributed by atoms with Crippen LogP contribution in [0.15, 0.2) is 18.2 Å². The third-order valence-electron chi connectivity index (χ3n) is 3.62. The van der Waals surface area contributed by atoms with Crippen LogP contribution in [0.5, 0.6) is 0 Å². The quantitative estimate of drug-likeness (QED) is 0.809. The number of nitrogens with zero attached hydrogens (tertiary/aromatic N) is 1. The second-order valence-electron chi connectivity index (χ2n) is 5.56. The average Bonchev–Trinajstić information content (AvgIpc) is 2.89. The zero-order valence-electron chi connectivity index (χ0n) is 11.9. The van der Waals surface area contributed by atoms with Gasteiger partial charge >= 0.3 is 0 Å². The van der Waals surface area contributed by atoms with E-state index >= 15 is 0 Å². The molecule has 110 valence electrons. The zero-order chi connectivity index (χ0) is 14.5. The Bertz CT molecular complexity index is 472. The monoisotopic (exact) mass is 279 g/mol. The van der Waals surface area contributed by atoms with Gasteiger partial charge in [0.15, 0.2) is 0 Å². The van der Waals surface area contributed by atoms with E-state index in [9.17, 15) is 9.18 Å². The van der Waals surface area contributed by atoms with Crippen molar-refractivity contribution in [1.82, 2.24) is 10.2 Å². The first-order chi connectivity index (χ1) is 9.56. The molecule has 1 saturated heterocycles. The summed E-state index contributed by atoms with van der Waals surface area (Å²) in [7, 11) is 0. The molecule has 1 unspecified atom stereocenters. The predicted octanol–water partition coefficient (Wildman–Crippen LogP) is 1.87. The van der Waals surface area contributed by atoms with E-state index in [-0.39, 0.29) is 11.5 Å². The molecule has 5 heteroatoms. The summed E-state index contributed by atoms with van der Waals surface area (Å²) in [5, 5.41) is 2.79. The molecular formula is C15H22FN3O. The number of rotatable bonds is 5. The van der Waals surface area contributed by atoms with E-state index in [2.05, 4.69) is 17.1 Å². The van der Waals surface area contributed by atoms with Gasteiger partial charge in [-0.3, -0.25) is 4.79 Å². The molecule has 0 radical (unpaired) electrons. The molecule has 1 aliphatic rings. The smallest absolute Gasteiger partial charge is 0.254 e. The number of amides is 1. The predicted molar refractivity (Wildman–Crippen MR) is 78.0 cm³/mol. The first-order valence-electron chi connectivity index (χ1n) is 7.12. The van der Waals surface area contributed by atoms with Crippen molar-refractivity contribution in [2.45, 2.75) is 19.8 Å². The minimum atomic E-state index is -0.574. The van der Waals surface area contributed by atoms with Crippen molar-refractivity contribution in [2.75, 3.05) is 31.9 Å². The maximum atomic E-state index is 13.6. The van der Waals surface area contributed by atoms with Crippen molar-refractivity contribution in [1.29, 1.82) is 0 Å². The Morgan fingerprint density at radius 2 is 2.15 bits per heavy atom. The molecule has 3 N–H and O–H groups in total. The lowest BCUT2D eigenvalue weighted by Gasteiger charge is -2.20. The number of nitrogen functional groups attached to an aromatic ring is 1. The van der Waals surface area contributed by atoms with Gasteiger partial charge in [-0.25, -0.2) is 4.39 Å². The molecule has 2 rings (SSSR count). The summed E-state index contributed by atoms with van der Waals surface area (Å²) in [5.74, 6) is -0.598. The van der Waals surface area contributed by atoms with Crippen molar-refractivity contribution in [2.24, 2.45) is 5.92 Å². The van der Waals surface area contributed by atoms with E-state index in [1.165, 1.54) is 31.0 Å². The number of nitrogens with one attached hydrogen (secondary N) is 1. The lowest BCUT2D eigenvalue weighted by Crippen LogP contribution is -2.34. The van der Waals surface area contributed by atoms with Gasteiger partial charge < -0.3 is 16.0 Å². The lowest BCUT2D eigenvalue weighted by molar-refractivity contribution is 0.0941. The van der Waals surface area contributed by atoms with Gasteiger partial charge in [0.25, 0.3) is 5.91 Å². The molecule has 0 saturated carbocycles. The van der Waals surface area contributed by atoms with Crippen molar-refractivity contribution in [3.05, 3.63) is 29.6 Å². The van der Waals surface area contributed by atoms with Crippen LogP contribution < -0.4 is 11.1 Å². The summed E-state index contributed by atoms with van der Waals surface area (Å²) < 4.78 is 13.6. The second kappa shape index (κ2) is 6.70. The van der Waals surface area contributed by atoms with Crippen LogP contribution in [0.1, 0.15) is 30.1 Å². The van der Waals surface area contributed by atoms with Crippen LogP contribution in [0.2, 0.25) is 0 Å². The molecule has 0 spiro atoms. The van der Waals surface area contributed by atoms with Crippen LogP contribution in [0, 0.1) is 11.7 Å². The molecule has 1 fully saturated rings. The highest BCUT2D eigenvalue weighted by molar-refractivity contribution is 5.94. The van der Waals surface area contributed by atoms with E-state index in [1.807, 2.05) is 0 Å². The van der Waals surface area contributed by atoms with E-state index in [4.69, 9.17) is 5.73 Å². The summed E-state index contributed by atoms with van der Waals surface area (Å²) in [4.78, 5) is 14.3. The maximum Gasteiger partial charge on any atom is 0.254 e. The number of hydrogen-bond acceptors (Lipinski definition) is 3. The number of benzene rings is 1. The van der Waals surface area contributed by atoms with Crippen LogP contribution in [-0.4, -0.2) is 37.0 Å². The Morgan fingerprint density at radius 1 is 1.45 bits per heavy atom. The molecular weight excluding hydrogens is 257 g/mol. The zero-order valence-corrected chi connectivity index (χ0v) is 11.9. The maximum absolute atomic E-state index is 13.6. The number of likely N-dealkylation sites (tertiary alicyclic amines) is 1. The third-order valence-corrected chi connectivity index (χ3v) is 3.62. The van der Waals surface area contributed by atoms with E-state index in [1.54, 1.807) is 0 Å². The Morgan fingerprint density at radius 3 is 2.80 bits per heavy atom. The molecule has 1 heterocycles. The SMILES string of the molecule is CC(CNC(=O)c1ccc(N)cc1F)CN1CCCC1. The summed E-state index contributed by atoms with van der Waals surface area (Å²) in [5.41, 5.74) is 5.83. The fraction of sp³-hybridized carbons (Fsp3) is 0.533. The van der Waals surface area contributed by atoms with Gasteiger partial charge in [-0.1, -0.05) is 6.92 Å². The highest BCUT2D eigenvalue weighted by atomic mass is 19.1. The average molecular weight is 279 g/mol. The number of hydrogen-bond donors (Lipinski definition) is 2. The second-order valence-corrected chi connectivity index (χ2v) is 5.56. The van der Waals surface area contributed by atoms with Gasteiger partial charge in [-0.15, -0.1) is 0 Å². The molecule has 20 heavy (non-hydrogen) atoms. The standard InChI is InChI=1S/C15H22FN3O/c1-11(10-19-6-2-3-7-19)9-18-15(20)13-5-4-12(17)8-14(13)16/h4-5,8,11H,2-3,6-7,9-10,17H2,1H3,(H,18,20). The molecule has 1 aromatic rings. The van der Waals surface area contributed by atoms with Crippen molar-refractivity contribution in [3.63, 3.8) is 0 Å². The fourth-order valence-corrected chi connectivity index (χ4v) is 2.55. The molecule has 1 aliphatic heterocycles. The molecule has 1 atom stereocenters. The number of carbonyl (C=O) groups excluding carboxylic acids is 1. The van der Waals surface area contributed by atoms with E-state index < -0.39 is 5.82 Å². The van der Waals surface area contributed by atoms with Gasteiger partial charge in [-0.2, -0.15) is 0 Å². The van der Waals surface area contributed by atoms with Crippen LogP contribution in [-0.2, 0) is 0 Å². The minimum Gasteiger partial charge on any atom is -0.399 e. The number of anilines is 1. The van der Waals surface area contributed by atoms with Gasteiger partial charge in [0.1, 0.15) is 5.82 Å². The third kappa shape index (κ3) is 3.93. The highest BCUT2D eigenvalue weighted by Gasteiger charge is 2.16. The molecule has 0 bridgehead atoms. The van der Waals surface area contributed by atoms with Gasteiger partial charge in [-0.05, 0) is 50.0 Å². The Kier molecular flexibility index (Phi) is 4.95. The van der Waals surface area contributed by atoms with Crippen LogP contribution >= 0.6 is 0 Å². The normalized spacial score (nSPS) is 17.1. The molecule has 0 aliphatic carbocycles. The van der Waals surface area contributed by atoms with E-state index in [0.29, 0.717) is 18.2 Å². The number of nitrogens with two attached hydrogens (primary N) is 1. The summed E-state index contributed by atoms with van der Waals surface area (Å²) >= 11 is 0. The Hall–Kier alpha value is -1.62. The topological polar surface area (TPSA) is 58.4 Å². The molecule has 1 aromatic carbocycles. The fourth-order valence-electron chi connectivity index (χ4n) is 2.55. The van der Waals surface area contributed by atoms with Crippen molar-refractivity contribution >= 4 is 11.6 Å². The summed E-state index contributed by atoms with van der Waals surface area (Å²) in [6, 6.07) is 4.12. The first-order valence-corrected chi connectivity index (χ1v) is 7.12. The van der Waals surface area contributed by atoms with Crippen LogP contribution in [0.3, 0.4) is 0 Å². The number of halogens is 1. The lowest BCUT2D eigenvalue weighted by atomic mass is 10.1. The van der Waals surface area contributed by atoms with Gasteiger partial charge in [0.2, 0.25) is 0 Å². The molecule has 1 amide bonds. The van der Waals surface area contributed by atoms with E-state index in [0.717, 1.165) is 19.6 Å². The largest absolute Gasteiger partial charge is 0.399 e. The van der Waals surface area contributed by atoms with Crippen molar-refractivity contribution in [3.8, 4) is 0 Å².